The number of urea groups is 1. The first-order valence-electron chi connectivity index (χ1n) is 7.34. The highest BCUT2D eigenvalue weighted by atomic mass is 32.3. The number of rotatable bonds is 8. The largest absolute Gasteiger partial charge is 0.480 e. The molecule has 4 N–H and O–H groups in total. The van der Waals surface area contributed by atoms with Crippen molar-refractivity contribution in [1.82, 2.24) is 9.96 Å². The third-order valence-corrected chi connectivity index (χ3v) is 5.01. The minimum absolute atomic E-state index is 0.0178. The number of hydrogen-bond acceptors (Lipinski definition) is 8. The van der Waals surface area contributed by atoms with Gasteiger partial charge in [0.1, 0.15) is 6.04 Å². The summed E-state index contributed by atoms with van der Waals surface area (Å²) in [6, 6.07) is -2.48. The Labute approximate surface area is 147 Å². The van der Waals surface area contributed by atoms with Crippen molar-refractivity contribution in [2.24, 2.45) is 11.1 Å². The fraction of sp³-hybridized carbons (Fsp3) is 0.667. The molecule has 0 aromatic carbocycles. The van der Waals surface area contributed by atoms with Crippen LogP contribution in [-0.2, 0) is 33.2 Å². The quantitative estimate of drug-likeness (QED) is 0.391. The molecular weight excluding hydrogens is 378 g/mol. The summed E-state index contributed by atoms with van der Waals surface area (Å²) in [5, 5.41) is 18.3. The Morgan fingerprint density at radius 3 is 2.35 bits per heavy atom. The zero-order valence-corrected chi connectivity index (χ0v) is 14.3. The standard InChI is InChI=1S/C12H17N3O10S/c1-12(9(17)18,10(19)20)5-24-26(22,23)25-15-6-2-3-7(8(13)16)14(4-6)11(15)21/h6-7H,2-5H2,1H3,(H2,13,16)(H,17,18)(H,19,20)/t6-,7+/m1/s1. The van der Waals surface area contributed by atoms with E-state index in [2.05, 4.69) is 8.47 Å². The second-order valence-electron chi connectivity index (χ2n) is 6.10. The van der Waals surface area contributed by atoms with Crippen molar-refractivity contribution in [3.8, 4) is 0 Å². The molecule has 2 atom stereocenters. The van der Waals surface area contributed by atoms with Gasteiger partial charge in [-0.15, -0.1) is 4.28 Å². The number of aliphatic carboxylic acids is 2. The number of primary amides is 1. The molecule has 0 spiro atoms. The molecule has 2 aliphatic heterocycles. The highest BCUT2D eigenvalue weighted by Gasteiger charge is 2.50. The maximum Gasteiger partial charge on any atom is 0.421 e. The molecule has 0 aliphatic carbocycles. The number of hydrogen-bond donors (Lipinski definition) is 3. The van der Waals surface area contributed by atoms with Crippen LogP contribution in [-0.4, -0.2) is 77.7 Å². The molecule has 2 heterocycles. The lowest BCUT2D eigenvalue weighted by atomic mass is 9.93. The first kappa shape index (κ1) is 19.9. The van der Waals surface area contributed by atoms with Gasteiger partial charge in [0.15, 0.2) is 5.41 Å². The third-order valence-electron chi connectivity index (χ3n) is 4.26. The fourth-order valence-corrected chi connectivity index (χ4v) is 3.36. The van der Waals surface area contributed by atoms with Crippen molar-refractivity contribution in [3.05, 3.63) is 0 Å². The maximum absolute atomic E-state index is 12.2. The highest BCUT2D eigenvalue weighted by Crippen LogP contribution is 2.31. The fourth-order valence-electron chi connectivity index (χ4n) is 2.55. The van der Waals surface area contributed by atoms with Gasteiger partial charge < -0.3 is 20.8 Å². The lowest BCUT2D eigenvalue weighted by Crippen LogP contribution is -2.47. The molecule has 3 amide bonds. The Kier molecular flexibility index (Phi) is 5.12. The monoisotopic (exact) mass is 395 g/mol. The molecule has 0 aromatic heterocycles. The number of nitrogens with zero attached hydrogens (tertiary/aromatic N) is 2. The third kappa shape index (κ3) is 3.56. The van der Waals surface area contributed by atoms with E-state index in [0.717, 1.165) is 11.8 Å². The summed E-state index contributed by atoms with van der Waals surface area (Å²) in [6.45, 7) is -0.478. The van der Waals surface area contributed by atoms with E-state index in [9.17, 15) is 27.6 Å². The second kappa shape index (κ2) is 6.69. The number of piperidine rings is 1. The van der Waals surface area contributed by atoms with Crippen LogP contribution in [0.3, 0.4) is 0 Å². The molecule has 26 heavy (non-hydrogen) atoms. The van der Waals surface area contributed by atoms with Crippen molar-refractivity contribution < 1.29 is 46.3 Å². The Morgan fingerprint density at radius 1 is 1.27 bits per heavy atom. The summed E-state index contributed by atoms with van der Waals surface area (Å²) >= 11 is 0. The number of carboxylic acid groups (broad SMARTS) is 2. The molecule has 2 rings (SSSR count). The van der Waals surface area contributed by atoms with Gasteiger partial charge >= 0.3 is 28.4 Å². The number of carbonyl (C=O) groups is 4. The van der Waals surface area contributed by atoms with E-state index in [1.165, 1.54) is 0 Å². The summed E-state index contributed by atoms with van der Waals surface area (Å²) in [6.07, 6.45) is 0.468. The van der Waals surface area contributed by atoms with Crippen molar-refractivity contribution in [2.75, 3.05) is 13.2 Å². The van der Waals surface area contributed by atoms with Gasteiger partial charge in [0.25, 0.3) is 0 Å². The number of amides is 3. The van der Waals surface area contributed by atoms with E-state index >= 15 is 0 Å². The molecular formula is C12H17N3O10S. The lowest BCUT2D eigenvalue weighted by molar-refractivity contribution is -0.165. The smallest absolute Gasteiger partial charge is 0.421 e. The molecule has 13 nitrogen and oxygen atoms in total. The van der Waals surface area contributed by atoms with Crippen molar-refractivity contribution in [2.45, 2.75) is 31.8 Å². The van der Waals surface area contributed by atoms with Crippen LogP contribution in [0, 0.1) is 5.41 Å². The molecule has 2 saturated heterocycles. The summed E-state index contributed by atoms with van der Waals surface area (Å²) in [5.41, 5.74) is 2.65. The summed E-state index contributed by atoms with van der Waals surface area (Å²) < 4.78 is 32.7. The SMILES string of the molecule is CC(COS(=O)(=O)ON1C(=O)N2C[C@H]1CC[C@H]2C(N)=O)(C(=O)O)C(=O)O. The molecule has 146 valence electrons. The van der Waals surface area contributed by atoms with E-state index in [-0.39, 0.29) is 19.4 Å². The Morgan fingerprint density at radius 2 is 1.85 bits per heavy atom. The summed E-state index contributed by atoms with van der Waals surface area (Å²) in [5.74, 6) is -4.37. The molecule has 2 fully saturated rings. The lowest BCUT2D eigenvalue weighted by Gasteiger charge is -2.27. The predicted molar refractivity (Wildman–Crippen MR) is 79.3 cm³/mol. The van der Waals surface area contributed by atoms with Crippen LogP contribution >= 0.6 is 0 Å². The molecule has 0 aromatic rings. The van der Waals surface area contributed by atoms with Crippen LogP contribution < -0.4 is 5.73 Å². The average Bonchev–Trinajstić information content (AvgIpc) is 2.76. The molecule has 0 unspecified atom stereocenters. The van der Waals surface area contributed by atoms with Crippen LogP contribution in [0.5, 0.6) is 0 Å². The van der Waals surface area contributed by atoms with Crippen LogP contribution in [0.1, 0.15) is 19.8 Å². The van der Waals surface area contributed by atoms with E-state index in [4.69, 9.17) is 15.9 Å². The van der Waals surface area contributed by atoms with Crippen LogP contribution in [0.4, 0.5) is 4.79 Å². The van der Waals surface area contributed by atoms with Crippen molar-refractivity contribution in [3.63, 3.8) is 0 Å². The average molecular weight is 395 g/mol. The molecule has 14 heteroatoms. The van der Waals surface area contributed by atoms with Gasteiger partial charge in [0.05, 0.1) is 12.6 Å². The predicted octanol–water partition coefficient (Wildman–Crippen LogP) is -1.89. The van der Waals surface area contributed by atoms with Gasteiger partial charge in [-0.2, -0.15) is 13.5 Å². The second-order valence-corrected chi connectivity index (χ2v) is 7.30. The van der Waals surface area contributed by atoms with E-state index in [1.807, 2.05) is 0 Å². The minimum Gasteiger partial charge on any atom is -0.480 e. The maximum atomic E-state index is 12.2. The summed E-state index contributed by atoms with van der Waals surface area (Å²) in [7, 11) is -4.94. The first-order chi connectivity index (χ1) is 11.9. The van der Waals surface area contributed by atoms with Gasteiger partial charge in [0, 0.05) is 6.54 Å². The Balaban J connectivity index is 2.08. The van der Waals surface area contributed by atoms with E-state index < -0.39 is 58.4 Å². The van der Waals surface area contributed by atoms with Crippen LogP contribution in [0.15, 0.2) is 0 Å². The number of fused-ring (bicyclic) bond motifs is 2. The van der Waals surface area contributed by atoms with Gasteiger partial charge in [0.2, 0.25) is 5.91 Å². The van der Waals surface area contributed by atoms with E-state index in [0.29, 0.717) is 5.06 Å². The van der Waals surface area contributed by atoms with Gasteiger partial charge in [-0.05, 0) is 19.8 Å². The van der Waals surface area contributed by atoms with Gasteiger partial charge in [-0.25, -0.2) is 8.98 Å². The molecule has 2 bridgehead atoms. The van der Waals surface area contributed by atoms with Gasteiger partial charge in [-0.3, -0.25) is 14.4 Å². The first-order valence-corrected chi connectivity index (χ1v) is 8.67. The Bertz CT molecular complexity index is 736. The van der Waals surface area contributed by atoms with E-state index in [1.54, 1.807) is 0 Å². The number of carbonyl (C=O) groups excluding carboxylic acids is 2. The van der Waals surface area contributed by atoms with Gasteiger partial charge in [-0.1, -0.05) is 0 Å². The molecule has 0 saturated carbocycles. The molecule has 2 aliphatic rings. The van der Waals surface area contributed by atoms with Crippen molar-refractivity contribution in [1.29, 1.82) is 0 Å². The number of hydroxylamine groups is 2. The summed E-state index contributed by atoms with van der Waals surface area (Å²) in [4.78, 5) is 46.6. The molecule has 0 radical (unpaired) electrons. The number of carboxylic acids is 2. The zero-order valence-electron chi connectivity index (χ0n) is 13.5. The van der Waals surface area contributed by atoms with Crippen LogP contribution in [0.25, 0.3) is 0 Å². The highest BCUT2D eigenvalue weighted by molar-refractivity contribution is 7.81. The normalized spacial score (nSPS) is 23.2. The topological polar surface area (TPSA) is 194 Å². The van der Waals surface area contributed by atoms with Crippen LogP contribution in [0.2, 0.25) is 0 Å². The zero-order chi connectivity index (χ0) is 19.9. The Hall–Kier alpha value is -2.45. The number of nitrogens with two attached hydrogens (primary N) is 1. The van der Waals surface area contributed by atoms with Crippen molar-refractivity contribution >= 4 is 34.3 Å². The minimum atomic E-state index is -4.94.